The highest BCUT2D eigenvalue weighted by Gasteiger charge is 2.42. The van der Waals surface area contributed by atoms with Crippen LogP contribution in [0.1, 0.15) is 80.1 Å². The molecule has 0 amide bonds. The van der Waals surface area contributed by atoms with Gasteiger partial charge < -0.3 is 9.13 Å². The summed E-state index contributed by atoms with van der Waals surface area (Å²) in [5.74, 6) is 0. The van der Waals surface area contributed by atoms with Gasteiger partial charge in [-0.25, -0.2) is 0 Å². The molecule has 128 valence electrons. The van der Waals surface area contributed by atoms with Crippen molar-refractivity contribution in [2.24, 2.45) is 0 Å². The third-order valence-electron chi connectivity index (χ3n) is 4.45. The average molecular weight is 315 g/mol. The van der Waals surface area contributed by atoms with E-state index in [1.54, 1.807) is 0 Å². The molecule has 0 atom stereocenters. The van der Waals surface area contributed by atoms with Crippen LogP contribution < -0.4 is 0 Å². The van der Waals surface area contributed by atoms with Crippen LogP contribution in [0.3, 0.4) is 0 Å². The van der Waals surface area contributed by atoms with Gasteiger partial charge in [-0.1, -0.05) is 54.4 Å². The molecule has 0 aromatic heterocycles. The normalized spacial score (nSPS) is 12.6. The number of rotatable bonds is 14. The summed E-state index contributed by atoms with van der Waals surface area (Å²) in [5, 5.41) is 0. The van der Waals surface area contributed by atoms with Crippen molar-refractivity contribution in [3.8, 4) is 0 Å². The monoisotopic (exact) mass is 314 g/mol. The average Bonchev–Trinajstić information content (AvgIpc) is 2.46. The summed E-state index contributed by atoms with van der Waals surface area (Å²) in [6, 6.07) is 2.92. The Balaban J connectivity index is 5.50. The van der Waals surface area contributed by atoms with Crippen LogP contribution in [0.5, 0.6) is 0 Å². The van der Waals surface area contributed by atoms with Crippen LogP contribution in [-0.2, 0) is 0 Å². The highest BCUT2D eigenvalue weighted by Crippen LogP contribution is 2.29. The van der Waals surface area contributed by atoms with Gasteiger partial charge in [0.15, 0.2) is 0 Å². The molecule has 3 heteroatoms. The second-order valence-electron chi connectivity index (χ2n) is 6.46. The molecule has 0 spiro atoms. The molecule has 0 saturated heterocycles. The second kappa shape index (κ2) is 12.7. The molecule has 0 N–H and O–H groups in total. The maximum atomic E-state index is 2.96. The van der Waals surface area contributed by atoms with E-state index in [0.717, 1.165) is 0 Å². The zero-order chi connectivity index (χ0) is 16.1. The largest absolute Gasteiger partial charge is 0.312 e. The van der Waals surface area contributed by atoms with E-state index in [2.05, 4.69) is 50.7 Å². The molecule has 0 saturated carbocycles. The van der Waals surface area contributed by atoms with Crippen LogP contribution in [0.4, 0.5) is 0 Å². The maximum Gasteiger partial charge on any atom is 0.206 e. The minimum absolute atomic E-state index is 1.30. The fraction of sp³-hybridized carbons (Fsp3) is 1.00. The number of hydrogen-bond donors (Lipinski definition) is 0. The minimum atomic E-state index is -1.47. The molecule has 0 bridgehead atoms. The van der Waals surface area contributed by atoms with Crippen molar-refractivity contribution in [2.45, 2.75) is 92.2 Å². The van der Waals surface area contributed by atoms with Crippen LogP contribution in [0.2, 0.25) is 12.1 Å². The third kappa shape index (κ3) is 6.41. The van der Waals surface area contributed by atoms with Crippen molar-refractivity contribution in [2.75, 3.05) is 26.2 Å². The Morgan fingerprint density at radius 2 is 0.762 bits per heavy atom. The first kappa shape index (κ1) is 21.1. The predicted octanol–water partition coefficient (Wildman–Crippen LogP) is 5.49. The Hall–Kier alpha value is 0.137. The lowest BCUT2D eigenvalue weighted by molar-refractivity contribution is 0.310. The first-order valence-corrected chi connectivity index (χ1v) is 12.0. The van der Waals surface area contributed by atoms with Crippen LogP contribution in [0, 0.1) is 0 Å². The van der Waals surface area contributed by atoms with Gasteiger partial charge in [-0.3, -0.25) is 0 Å². The molecule has 2 nitrogen and oxygen atoms in total. The van der Waals surface area contributed by atoms with Crippen LogP contribution >= 0.6 is 0 Å². The van der Waals surface area contributed by atoms with Gasteiger partial charge >= 0.3 is 0 Å². The third-order valence-corrected chi connectivity index (χ3v) is 10.3. The summed E-state index contributed by atoms with van der Waals surface area (Å²) < 4.78 is 5.93. The lowest BCUT2D eigenvalue weighted by Crippen LogP contribution is -2.66. The quantitative estimate of drug-likeness (QED) is 0.391. The van der Waals surface area contributed by atoms with E-state index in [9.17, 15) is 0 Å². The van der Waals surface area contributed by atoms with Crippen molar-refractivity contribution in [1.82, 2.24) is 9.13 Å². The summed E-state index contributed by atoms with van der Waals surface area (Å²) in [6.07, 6.45) is 7.89. The zero-order valence-electron chi connectivity index (χ0n) is 15.9. The van der Waals surface area contributed by atoms with E-state index in [1.807, 2.05) is 0 Å². The molecular weight excluding hydrogens is 272 g/mol. The van der Waals surface area contributed by atoms with Gasteiger partial charge in [0.1, 0.15) is 0 Å². The Morgan fingerprint density at radius 1 is 0.476 bits per heavy atom. The molecule has 0 fully saturated rings. The van der Waals surface area contributed by atoms with Gasteiger partial charge in [0.05, 0.1) is 0 Å². The topological polar surface area (TPSA) is 6.48 Å². The molecule has 21 heavy (non-hydrogen) atoms. The fourth-order valence-corrected chi connectivity index (χ4v) is 9.97. The maximum absolute atomic E-state index is 2.96. The Morgan fingerprint density at radius 3 is 0.952 bits per heavy atom. The van der Waals surface area contributed by atoms with Crippen LogP contribution in [0.25, 0.3) is 0 Å². The van der Waals surface area contributed by atoms with Crippen molar-refractivity contribution in [3.05, 3.63) is 0 Å². The van der Waals surface area contributed by atoms with E-state index in [1.165, 1.54) is 76.8 Å². The number of hydrogen-bond acceptors (Lipinski definition) is 2. The SMILES string of the molecule is CCCN(CCC)[Si](CCC)(CCC)N(CCC)CCC. The zero-order valence-corrected chi connectivity index (χ0v) is 16.9. The first-order chi connectivity index (χ1) is 10.2. The summed E-state index contributed by atoms with van der Waals surface area (Å²) in [6.45, 7) is 19.4. The van der Waals surface area contributed by atoms with Crippen molar-refractivity contribution < 1.29 is 0 Å². The van der Waals surface area contributed by atoms with Crippen molar-refractivity contribution in [1.29, 1.82) is 0 Å². The summed E-state index contributed by atoms with van der Waals surface area (Å²) in [4.78, 5) is 0. The first-order valence-electron chi connectivity index (χ1n) is 9.66. The van der Waals surface area contributed by atoms with E-state index in [-0.39, 0.29) is 0 Å². The van der Waals surface area contributed by atoms with Crippen LogP contribution in [0.15, 0.2) is 0 Å². The summed E-state index contributed by atoms with van der Waals surface area (Å²) >= 11 is 0. The molecule has 0 aliphatic heterocycles. The lowest BCUT2D eigenvalue weighted by Gasteiger charge is -2.49. The highest BCUT2D eigenvalue weighted by molar-refractivity contribution is 6.74. The van der Waals surface area contributed by atoms with Gasteiger partial charge in [0.25, 0.3) is 0 Å². The Labute approximate surface area is 136 Å². The van der Waals surface area contributed by atoms with Gasteiger partial charge in [-0.15, -0.1) is 0 Å². The van der Waals surface area contributed by atoms with Gasteiger partial charge in [0.2, 0.25) is 8.40 Å². The van der Waals surface area contributed by atoms with Gasteiger partial charge in [0, 0.05) is 0 Å². The van der Waals surface area contributed by atoms with E-state index in [4.69, 9.17) is 0 Å². The van der Waals surface area contributed by atoms with E-state index < -0.39 is 8.40 Å². The molecule has 0 heterocycles. The van der Waals surface area contributed by atoms with Gasteiger partial charge in [-0.2, -0.15) is 0 Å². The van der Waals surface area contributed by atoms with E-state index in [0.29, 0.717) is 0 Å². The Bertz CT molecular complexity index is 197. The molecule has 0 radical (unpaired) electrons. The van der Waals surface area contributed by atoms with Crippen molar-refractivity contribution in [3.63, 3.8) is 0 Å². The highest BCUT2D eigenvalue weighted by atomic mass is 28.3. The van der Waals surface area contributed by atoms with Crippen LogP contribution in [-0.4, -0.2) is 43.7 Å². The molecule has 0 rings (SSSR count). The Kier molecular flexibility index (Phi) is 12.7. The lowest BCUT2D eigenvalue weighted by atomic mass is 10.4. The van der Waals surface area contributed by atoms with E-state index >= 15 is 0 Å². The molecule has 0 aliphatic rings. The molecule has 0 unspecified atom stereocenters. The minimum Gasteiger partial charge on any atom is -0.312 e. The molecule has 0 aromatic rings. The fourth-order valence-electron chi connectivity index (χ4n) is 3.89. The molecule has 0 aromatic carbocycles. The standard InChI is InChI=1S/C18H42N2Si/c1-7-13-19(14-8-2)21(17-11-5,18-12-6)20(15-9-3)16-10-4/h7-18H2,1-6H3. The predicted molar refractivity (Wildman–Crippen MR) is 100 cm³/mol. The smallest absolute Gasteiger partial charge is 0.206 e. The number of nitrogens with zero attached hydrogens (tertiary/aromatic N) is 2. The summed E-state index contributed by atoms with van der Waals surface area (Å²) in [7, 11) is -1.47. The van der Waals surface area contributed by atoms with Gasteiger partial charge in [-0.05, 0) is 64.0 Å². The second-order valence-corrected chi connectivity index (χ2v) is 10.7. The molecular formula is C18H42N2Si. The van der Waals surface area contributed by atoms with Crippen molar-refractivity contribution >= 4 is 8.40 Å². The summed E-state index contributed by atoms with van der Waals surface area (Å²) in [5.41, 5.74) is 0. The molecule has 0 aliphatic carbocycles.